The van der Waals surface area contributed by atoms with Crippen LogP contribution < -0.4 is 4.90 Å². The van der Waals surface area contributed by atoms with Gasteiger partial charge < -0.3 is 0 Å². The van der Waals surface area contributed by atoms with Crippen molar-refractivity contribution in [3.63, 3.8) is 0 Å². The molecule has 19 heavy (non-hydrogen) atoms. The van der Waals surface area contributed by atoms with Crippen molar-refractivity contribution in [1.82, 2.24) is 0 Å². The lowest BCUT2D eigenvalue weighted by Gasteiger charge is -2.23. The summed E-state index contributed by atoms with van der Waals surface area (Å²) >= 11 is 6.90. The van der Waals surface area contributed by atoms with Gasteiger partial charge in [0.05, 0.1) is 5.75 Å². The Morgan fingerprint density at radius 3 is 2.89 bits per heavy atom. The molecule has 1 aromatic carbocycles. The van der Waals surface area contributed by atoms with Crippen LogP contribution in [0.1, 0.15) is 15.8 Å². The monoisotopic (exact) mass is 353 g/mol. The van der Waals surface area contributed by atoms with Gasteiger partial charge in [-0.15, -0.1) is 23.1 Å². The number of halogens is 1. The van der Waals surface area contributed by atoms with E-state index in [1.807, 2.05) is 30.0 Å². The molecule has 1 fully saturated rings. The molecule has 1 aliphatic heterocycles. The number of thioether (sulfide) groups is 1. The Hall–Kier alpha value is -0.780. The van der Waals surface area contributed by atoms with Crippen molar-refractivity contribution < 1.29 is 4.79 Å². The number of thiophene rings is 1. The van der Waals surface area contributed by atoms with Crippen LogP contribution in [-0.2, 0) is 4.79 Å². The van der Waals surface area contributed by atoms with E-state index in [9.17, 15) is 4.79 Å². The van der Waals surface area contributed by atoms with E-state index in [-0.39, 0.29) is 11.3 Å². The second kappa shape index (κ2) is 5.31. The first-order valence-electron chi connectivity index (χ1n) is 5.90. The highest BCUT2D eigenvalue weighted by molar-refractivity contribution is 9.10. The van der Waals surface area contributed by atoms with Crippen LogP contribution in [0.3, 0.4) is 0 Å². The van der Waals surface area contributed by atoms with Gasteiger partial charge in [0.25, 0.3) is 0 Å². The van der Waals surface area contributed by atoms with Crippen LogP contribution in [-0.4, -0.2) is 11.7 Å². The lowest BCUT2D eigenvalue weighted by Crippen LogP contribution is -2.27. The van der Waals surface area contributed by atoms with Crippen molar-refractivity contribution in [2.24, 2.45) is 0 Å². The molecule has 0 saturated carbocycles. The zero-order valence-corrected chi connectivity index (χ0v) is 13.5. The van der Waals surface area contributed by atoms with Crippen molar-refractivity contribution in [1.29, 1.82) is 0 Å². The maximum Gasteiger partial charge on any atom is 0.238 e. The van der Waals surface area contributed by atoms with Gasteiger partial charge >= 0.3 is 0 Å². The SMILES string of the molecule is Cc1cc(N2C(=O)CSC2c2cccs2)ccc1Br. The van der Waals surface area contributed by atoms with Crippen LogP contribution in [0.15, 0.2) is 40.2 Å². The lowest BCUT2D eigenvalue weighted by atomic mass is 10.2. The summed E-state index contributed by atoms with van der Waals surface area (Å²) in [6.07, 6.45) is 0. The van der Waals surface area contributed by atoms with E-state index in [0.29, 0.717) is 5.75 Å². The Bertz CT molecular complexity index is 612. The summed E-state index contributed by atoms with van der Waals surface area (Å²) in [4.78, 5) is 15.3. The predicted octanol–water partition coefficient (Wildman–Crippen LogP) is 4.60. The standard InChI is InChI=1S/C14H12BrNOS2/c1-9-7-10(4-5-11(9)15)16-13(17)8-19-14(16)12-3-2-6-18-12/h2-7,14H,8H2,1H3. The molecule has 2 aromatic rings. The molecule has 0 spiro atoms. The Morgan fingerprint density at radius 1 is 1.37 bits per heavy atom. The van der Waals surface area contributed by atoms with E-state index in [4.69, 9.17) is 0 Å². The third-order valence-electron chi connectivity index (χ3n) is 3.07. The molecule has 2 nitrogen and oxygen atoms in total. The molecule has 0 N–H and O–H groups in total. The zero-order valence-electron chi connectivity index (χ0n) is 10.3. The fraction of sp³-hybridized carbons (Fsp3) is 0.214. The lowest BCUT2D eigenvalue weighted by molar-refractivity contribution is -0.115. The number of aryl methyl sites for hydroxylation is 1. The minimum absolute atomic E-state index is 0.119. The largest absolute Gasteiger partial charge is 0.294 e. The summed E-state index contributed by atoms with van der Waals surface area (Å²) in [5, 5.41) is 2.18. The van der Waals surface area contributed by atoms with Gasteiger partial charge in [-0.3, -0.25) is 9.69 Å². The molecular formula is C14H12BrNOS2. The van der Waals surface area contributed by atoms with E-state index in [2.05, 4.69) is 33.4 Å². The smallest absolute Gasteiger partial charge is 0.238 e. The number of nitrogens with zero attached hydrogens (tertiary/aromatic N) is 1. The van der Waals surface area contributed by atoms with E-state index in [1.54, 1.807) is 23.1 Å². The molecule has 1 aromatic heterocycles. The van der Waals surface area contributed by atoms with Gasteiger partial charge in [0.1, 0.15) is 5.37 Å². The number of carbonyl (C=O) groups excluding carboxylic acids is 1. The van der Waals surface area contributed by atoms with Gasteiger partial charge in [-0.05, 0) is 42.1 Å². The molecule has 1 saturated heterocycles. The quantitative estimate of drug-likeness (QED) is 0.786. The Kier molecular flexibility index (Phi) is 3.69. The molecule has 1 unspecified atom stereocenters. The first-order valence-corrected chi connectivity index (χ1v) is 8.62. The highest BCUT2D eigenvalue weighted by atomic mass is 79.9. The maximum atomic E-state index is 12.2. The van der Waals surface area contributed by atoms with Gasteiger partial charge in [0, 0.05) is 15.0 Å². The normalized spacial score (nSPS) is 19.2. The summed E-state index contributed by atoms with van der Waals surface area (Å²) in [5.74, 6) is 0.739. The first-order chi connectivity index (χ1) is 9.16. The second-order valence-electron chi connectivity index (χ2n) is 4.38. The fourth-order valence-electron chi connectivity index (χ4n) is 2.12. The summed E-state index contributed by atoms with van der Waals surface area (Å²) in [5.41, 5.74) is 2.13. The van der Waals surface area contributed by atoms with E-state index < -0.39 is 0 Å². The summed E-state index contributed by atoms with van der Waals surface area (Å²) < 4.78 is 1.07. The van der Waals surface area contributed by atoms with Crippen molar-refractivity contribution >= 4 is 50.6 Å². The van der Waals surface area contributed by atoms with E-state index in [0.717, 1.165) is 15.7 Å². The van der Waals surface area contributed by atoms with Gasteiger partial charge in [-0.1, -0.05) is 22.0 Å². The summed E-state index contributed by atoms with van der Waals surface area (Å²) in [6, 6.07) is 10.2. The Morgan fingerprint density at radius 2 is 2.21 bits per heavy atom. The van der Waals surface area contributed by atoms with Crippen LogP contribution >= 0.6 is 39.0 Å². The molecule has 5 heteroatoms. The first kappa shape index (κ1) is 13.2. The molecule has 0 bridgehead atoms. The van der Waals surface area contributed by atoms with E-state index >= 15 is 0 Å². The number of carbonyl (C=O) groups is 1. The molecular weight excluding hydrogens is 342 g/mol. The van der Waals surface area contributed by atoms with Crippen LogP contribution in [0, 0.1) is 6.92 Å². The molecule has 1 amide bonds. The topological polar surface area (TPSA) is 20.3 Å². The number of benzene rings is 1. The van der Waals surface area contributed by atoms with Gasteiger partial charge in [-0.25, -0.2) is 0 Å². The number of anilines is 1. The molecule has 98 valence electrons. The molecule has 1 atom stereocenters. The molecule has 3 rings (SSSR count). The van der Waals surface area contributed by atoms with Crippen LogP contribution in [0.25, 0.3) is 0 Å². The van der Waals surface area contributed by atoms with E-state index in [1.165, 1.54) is 4.88 Å². The fourth-order valence-corrected chi connectivity index (χ4v) is 4.51. The highest BCUT2D eigenvalue weighted by Crippen LogP contribution is 2.43. The summed E-state index contributed by atoms with van der Waals surface area (Å²) in [7, 11) is 0. The minimum atomic E-state index is 0.119. The average molecular weight is 354 g/mol. The third-order valence-corrected chi connectivity index (χ3v) is 6.23. The molecule has 0 aliphatic carbocycles. The molecule has 2 heterocycles. The van der Waals surface area contributed by atoms with Gasteiger partial charge in [-0.2, -0.15) is 0 Å². The summed E-state index contributed by atoms with van der Waals surface area (Å²) in [6.45, 7) is 2.04. The zero-order chi connectivity index (χ0) is 13.4. The number of rotatable bonds is 2. The van der Waals surface area contributed by atoms with Crippen LogP contribution in [0.5, 0.6) is 0 Å². The van der Waals surface area contributed by atoms with Gasteiger partial charge in [0.15, 0.2) is 0 Å². The number of hydrogen-bond acceptors (Lipinski definition) is 3. The molecule has 1 aliphatic rings. The Balaban J connectivity index is 2.00. The van der Waals surface area contributed by atoms with Crippen molar-refractivity contribution in [2.75, 3.05) is 10.7 Å². The average Bonchev–Trinajstić information content (AvgIpc) is 3.01. The third kappa shape index (κ3) is 2.47. The Labute approximate surface area is 128 Å². The number of amides is 1. The number of hydrogen-bond donors (Lipinski definition) is 0. The van der Waals surface area contributed by atoms with Crippen molar-refractivity contribution in [3.8, 4) is 0 Å². The molecule has 0 radical (unpaired) electrons. The van der Waals surface area contributed by atoms with Gasteiger partial charge in [0.2, 0.25) is 5.91 Å². The second-order valence-corrected chi connectivity index (χ2v) is 7.28. The van der Waals surface area contributed by atoms with Crippen LogP contribution in [0.4, 0.5) is 5.69 Å². The van der Waals surface area contributed by atoms with Crippen molar-refractivity contribution in [3.05, 3.63) is 50.6 Å². The van der Waals surface area contributed by atoms with Crippen LogP contribution in [0.2, 0.25) is 0 Å². The van der Waals surface area contributed by atoms with Crippen molar-refractivity contribution in [2.45, 2.75) is 12.3 Å². The minimum Gasteiger partial charge on any atom is -0.294 e. The maximum absolute atomic E-state index is 12.2. The predicted molar refractivity (Wildman–Crippen MR) is 85.9 cm³/mol. The highest BCUT2D eigenvalue weighted by Gasteiger charge is 2.34.